The molecular weight excluding hydrogens is 372 g/mol. The van der Waals surface area contributed by atoms with Gasteiger partial charge in [-0.25, -0.2) is 8.42 Å². The molecular formula is C22H24N2O3S. The van der Waals surface area contributed by atoms with Crippen molar-refractivity contribution in [3.63, 3.8) is 0 Å². The summed E-state index contributed by atoms with van der Waals surface area (Å²) in [6, 6.07) is 19.4. The van der Waals surface area contributed by atoms with Gasteiger partial charge >= 0.3 is 0 Å². The van der Waals surface area contributed by atoms with E-state index in [4.69, 9.17) is 0 Å². The normalized spacial score (nSPS) is 11.4. The fourth-order valence-corrected chi connectivity index (χ4v) is 3.86. The first-order valence-electron chi connectivity index (χ1n) is 9.03. The highest BCUT2D eigenvalue weighted by Crippen LogP contribution is 2.21. The number of rotatable bonds is 6. The van der Waals surface area contributed by atoms with Gasteiger partial charge in [0.25, 0.3) is 0 Å². The van der Waals surface area contributed by atoms with Gasteiger partial charge < -0.3 is 5.32 Å². The molecule has 0 aromatic heterocycles. The Morgan fingerprint density at radius 2 is 1.64 bits per heavy atom. The van der Waals surface area contributed by atoms with Crippen LogP contribution in [0.1, 0.15) is 16.7 Å². The molecule has 0 aliphatic rings. The first-order chi connectivity index (χ1) is 13.2. The molecule has 3 aromatic rings. The van der Waals surface area contributed by atoms with Crippen molar-refractivity contribution in [2.75, 3.05) is 17.1 Å². The van der Waals surface area contributed by atoms with Gasteiger partial charge in [0, 0.05) is 6.54 Å². The molecule has 0 saturated heterocycles. The minimum absolute atomic E-state index is 0.255. The third kappa shape index (κ3) is 4.70. The Balaban J connectivity index is 1.72. The van der Waals surface area contributed by atoms with E-state index in [0.717, 1.165) is 38.0 Å². The molecule has 5 nitrogen and oxygen atoms in total. The number of hydrogen-bond acceptors (Lipinski definition) is 3. The van der Waals surface area contributed by atoms with Gasteiger partial charge in [-0.3, -0.25) is 9.10 Å². The quantitative estimate of drug-likeness (QED) is 0.693. The van der Waals surface area contributed by atoms with Crippen LogP contribution < -0.4 is 9.62 Å². The van der Waals surface area contributed by atoms with Gasteiger partial charge in [-0.1, -0.05) is 42.5 Å². The first kappa shape index (κ1) is 19.9. The number of fused-ring (bicyclic) bond motifs is 1. The number of sulfonamides is 1. The smallest absolute Gasteiger partial charge is 0.241 e. The highest BCUT2D eigenvalue weighted by atomic mass is 32.2. The lowest BCUT2D eigenvalue weighted by Crippen LogP contribution is -2.40. The summed E-state index contributed by atoms with van der Waals surface area (Å²) in [7, 11) is -3.58. The second-order valence-corrected chi connectivity index (χ2v) is 8.90. The van der Waals surface area contributed by atoms with E-state index in [2.05, 4.69) is 5.32 Å². The lowest BCUT2D eigenvalue weighted by atomic mass is 10.1. The number of nitrogens with zero attached hydrogens (tertiary/aromatic N) is 1. The summed E-state index contributed by atoms with van der Waals surface area (Å²) in [6.45, 7) is 3.96. The third-order valence-corrected chi connectivity index (χ3v) is 5.91. The summed E-state index contributed by atoms with van der Waals surface area (Å²) in [6.07, 6.45) is 1.11. The van der Waals surface area contributed by atoms with E-state index in [0.29, 0.717) is 12.2 Å². The molecule has 0 unspecified atom stereocenters. The van der Waals surface area contributed by atoms with E-state index in [1.807, 2.05) is 62.4 Å². The van der Waals surface area contributed by atoms with Crippen LogP contribution >= 0.6 is 0 Å². The van der Waals surface area contributed by atoms with Crippen LogP contribution in [0.5, 0.6) is 0 Å². The van der Waals surface area contributed by atoms with Crippen molar-refractivity contribution < 1.29 is 13.2 Å². The van der Waals surface area contributed by atoms with Crippen LogP contribution in [0.15, 0.2) is 60.7 Å². The number of benzene rings is 3. The van der Waals surface area contributed by atoms with Crippen LogP contribution in [0.25, 0.3) is 10.8 Å². The third-order valence-electron chi connectivity index (χ3n) is 4.77. The van der Waals surface area contributed by atoms with E-state index >= 15 is 0 Å². The van der Waals surface area contributed by atoms with Crippen molar-refractivity contribution in [1.82, 2.24) is 5.32 Å². The maximum absolute atomic E-state index is 12.4. The van der Waals surface area contributed by atoms with E-state index in [-0.39, 0.29) is 12.5 Å². The van der Waals surface area contributed by atoms with Crippen molar-refractivity contribution in [3.8, 4) is 0 Å². The molecule has 3 rings (SSSR count). The SMILES string of the molecule is Cc1ccc(N(CC(=O)NCc2ccc3ccccc3c2)S(C)(=O)=O)cc1C. The lowest BCUT2D eigenvalue weighted by molar-refractivity contribution is -0.119. The number of anilines is 1. The van der Waals surface area contributed by atoms with Crippen molar-refractivity contribution in [2.24, 2.45) is 0 Å². The van der Waals surface area contributed by atoms with Crippen molar-refractivity contribution in [1.29, 1.82) is 0 Å². The minimum atomic E-state index is -3.58. The van der Waals surface area contributed by atoms with Gasteiger partial charge in [0.2, 0.25) is 15.9 Å². The van der Waals surface area contributed by atoms with Gasteiger partial charge in [0.15, 0.2) is 0 Å². The van der Waals surface area contributed by atoms with Crippen molar-refractivity contribution >= 4 is 32.4 Å². The van der Waals surface area contributed by atoms with Crippen LogP contribution in [-0.4, -0.2) is 27.1 Å². The zero-order chi connectivity index (χ0) is 20.3. The Hall–Kier alpha value is -2.86. The van der Waals surface area contributed by atoms with E-state index in [9.17, 15) is 13.2 Å². The highest BCUT2D eigenvalue weighted by Gasteiger charge is 2.21. The van der Waals surface area contributed by atoms with Gasteiger partial charge in [-0.2, -0.15) is 0 Å². The fourth-order valence-electron chi connectivity index (χ4n) is 3.02. The molecule has 0 aliphatic carbocycles. The molecule has 0 spiro atoms. The van der Waals surface area contributed by atoms with E-state index in [1.165, 1.54) is 0 Å². The molecule has 28 heavy (non-hydrogen) atoms. The van der Waals surface area contributed by atoms with E-state index in [1.54, 1.807) is 12.1 Å². The largest absolute Gasteiger partial charge is 0.350 e. The van der Waals surface area contributed by atoms with Crippen LogP contribution in [0.3, 0.4) is 0 Å². The maximum atomic E-state index is 12.4. The van der Waals surface area contributed by atoms with Crippen LogP contribution in [0.4, 0.5) is 5.69 Å². The second-order valence-electron chi connectivity index (χ2n) is 7.00. The van der Waals surface area contributed by atoms with Crippen molar-refractivity contribution in [3.05, 3.63) is 77.4 Å². The van der Waals surface area contributed by atoms with Gasteiger partial charge in [0.1, 0.15) is 6.54 Å². The van der Waals surface area contributed by atoms with Crippen LogP contribution in [0, 0.1) is 13.8 Å². The molecule has 1 N–H and O–H groups in total. The average molecular weight is 397 g/mol. The molecule has 0 fully saturated rings. The minimum Gasteiger partial charge on any atom is -0.350 e. The Kier molecular flexibility index (Phi) is 5.70. The number of carbonyl (C=O) groups is 1. The monoisotopic (exact) mass is 396 g/mol. The Bertz CT molecular complexity index is 1120. The van der Waals surface area contributed by atoms with Crippen LogP contribution in [-0.2, 0) is 21.4 Å². The maximum Gasteiger partial charge on any atom is 0.241 e. The zero-order valence-corrected chi connectivity index (χ0v) is 17.1. The van der Waals surface area contributed by atoms with Gasteiger partial charge in [-0.05, 0) is 59.5 Å². The molecule has 0 bridgehead atoms. The summed E-state index contributed by atoms with van der Waals surface area (Å²) in [5.41, 5.74) is 3.50. The summed E-state index contributed by atoms with van der Waals surface area (Å²) in [4.78, 5) is 12.4. The molecule has 3 aromatic carbocycles. The fraction of sp³-hybridized carbons (Fsp3) is 0.227. The number of carbonyl (C=O) groups excluding carboxylic acids is 1. The van der Waals surface area contributed by atoms with Gasteiger partial charge in [-0.15, -0.1) is 0 Å². The first-order valence-corrected chi connectivity index (χ1v) is 10.9. The molecule has 0 saturated carbocycles. The predicted molar refractivity (Wildman–Crippen MR) is 114 cm³/mol. The number of amides is 1. The molecule has 6 heteroatoms. The molecule has 0 radical (unpaired) electrons. The Morgan fingerprint density at radius 3 is 2.32 bits per heavy atom. The second kappa shape index (κ2) is 8.02. The predicted octanol–water partition coefficient (Wildman–Crippen LogP) is 3.54. The molecule has 146 valence electrons. The standard InChI is InChI=1S/C22H24N2O3S/c1-16-8-11-21(12-17(16)2)24(28(3,26)27)15-22(25)23-14-18-9-10-19-6-4-5-7-20(19)13-18/h4-13H,14-15H2,1-3H3,(H,23,25). The molecule has 0 heterocycles. The molecule has 0 atom stereocenters. The van der Waals surface area contributed by atoms with Gasteiger partial charge in [0.05, 0.1) is 11.9 Å². The average Bonchev–Trinajstić information content (AvgIpc) is 2.65. The zero-order valence-electron chi connectivity index (χ0n) is 16.3. The molecule has 1 amide bonds. The summed E-state index contributed by atoms with van der Waals surface area (Å²) < 4.78 is 25.6. The Labute approximate surface area is 166 Å². The number of hydrogen-bond donors (Lipinski definition) is 1. The number of aryl methyl sites for hydroxylation is 2. The highest BCUT2D eigenvalue weighted by molar-refractivity contribution is 7.92. The van der Waals surface area contributed by atoms with Crippen molar-refractivity contribution in [2.45, 2.75) is 20.4 Å². The topological polar surface area (TPSA) is 66.5 Å². The number of nitrogens with one attached hydrogen (secondary N) is 1. The van der Waals surface area contributed by atoms with Crippen LogP contribution in [0.2, 0.25) is 0 Å². The summed E-state index contributed by atoms with van der Waals surface area (Å²) in [5.74, 6) is -0.350. The van der Waals surface area contributed by atoms with E-state index < -0.39 is 10.0 Å². The summed E-state index contributed by atoms with van der Waals surface area (Å²) >= 11 is 0. The Morgan fingerprint density at radius 1 is 0.929 bits per heavy atom. The molecule has 0 aliphatic heterocycles. The summed E-state index contributed by atoms with van der Waals surface area (Å²) in [5, 5.41) is 5.05. The lowest BCUT2D eigenvalue weighted by Gasteiger charge is -2.22.